The van der Waals surface area contributed by atoms with E-state index in [4.69, 9.17) is 16.2 Å². The van der Waals surface area contributed by atoms with Gasteiger partial charge in [0.25, 0.3) is 0 Å². The number of allylic oxidation sites excluding steroid dienone is 2. The van der Waals surface area contributed by atoms with Crippen LogP contribution in [0.3, 0.4) is 0 Å². The van der Waals surface area contributed by atoms with Crippen LogP contribution in [0.15, 0.2) is 36.0 Å². The second kappa shape index (κ2) is 7.53. The summed E-state index contributed by atoms with van der Waals surface area (Å²) in [5, 5.41) is 0. The smallest absolute Gasteiger partial charge is 0.331 e. The summed E-state index contributed by atoms with van der Waals surface area (Å²) in [4.78, 5) is 22.0. The molecule has 0 saturated carbocycles. The standard InChI is InChI=1S/C14H20N2O3/c1-10(5-7-13(16)17)19-14(18)8-6-11-3-2-4-12(15)9-11/h3,5-8,10,12H,2,4,9,15H2,1H3,(H2,16,17)/b7-5-,8-6+/t10-,12?/m1/s1. The van der Waals surface area contributed by atoms with E-state index in [9.17, 15) is 9.59 Å². The van der Waals surface area contributed by atoms with Crippen molar-refractivity contribution in [2.45, 2.75) is 38.3 Å². The molecule has 0 aliphatic heterocycles. The van der Waals surface area contributed by atoms with Crippen molar-refractivity contribution in [2.24, 2.45) is 11.5 Å². The van der Waals surface area contributed by atoms with Crippen molar-refractivity contribution in [3.63, 3.8) is 0 Å². The van der Waals surface area contributed by atoms with E-state index in [1.165, 1.54) is 18.2 Å². The van der Waals surface area contributed by atoms with Crippen LogP contribution in [0.1, 0.15) is 26.2 Å². The molecule has 1 aliphatic carbocycles. The van der Waals surface area contributed by atoms with Gasteiger partial charge in [-0.05, 0) is 32.3 Å². The summed E-state index contributed by atoms with van der Waals surface area (Å²) < 4.78 is 5.04. The van der Waals surface area contributed by atoms with Crippen LogP contribution in [0.4, 0.5) is 0 Å². The van der Waals surface area contributed by atoms with E-state index >= 15 is 0 Å². The quantitative estimate of drug-likeness (QED) is 0.571. The number of esters is 1. The van der Waals surface area contributed by atoms with Crippen molar-refractivity contribution in [1.82, 2.24) is 0 Å². The first-order valence-corrected chi connectivity index (χ1v) is 6.28. The molecule has 1 aliphatic rings. The molecule has 0 spiro atoms. The van der Waals surface area contributed by atoms with Crippen LogP contribution in [0.25, 0.3) is 0 Å². The molecule has 0 fully saturated rings. The van der Waals surface area contributed by atoms with E-state index in [1.54, 1.807) is 13.0 Å². The number of rotatable bonds is 5. The van der Waals surface area contributed by atoms with Crippen molar-refractivity contribution in [1.29, 1.82) is 0 Å². The van der Waals surface area contributed by atoms with Crippen molar-refractivity contribution in [2.75, 3.05) is 0 Å². The van der Waals surface area contributed by atoms with Gasteiger partial charge in [-0.2, -0.15) is 0 Å². The number of carbonyl (C=O) groups excluding carboxylic acids is 2. The molecule has 104 valence electrons. The molecule has 1 amide bonds. The molecule has 19 heavy (non-hydrogen) atoms. The first-order chi connectivity index (χ1) is 8.97. The Kier molecular flexibility index (Phi) is 6.02. The molecule has 1 unspecified atom stereocenters. The minimum atomic E-state index is -0.570. The van der Waals surface area contributed by atoms with E-state index in [1.807, 2.05) is 0 Å². The van der Waals surface area contributed by atoms with Crippen LogP contribution in [-0.4, -0.2) is 24.0 Å². The Labute approximate surface area is 113 Å². The van der Waals surface area contributed by atoms with Gasteiger partial charge in [0.1, 0.15) is 6.10 Å². The zero-order valence-corrected chi connectivity index (χ0v) is 11.0. The van der Waals surface area contributed by atoms with Crippen molar-refractivity contribution < 1.29 is 14.3 Å². The summed E-state index contributed by atoms with van der Waals surface area (Å²) >= 11 is 0. The number of hydrogen-bond donors (Lipinski definition) is 2. The summed E-state index contributed by atoms with van der Waals surface area (Å²) in [6, 6.07) is 0.165. The maximum Gasteiger partial charge on any atom is 0.331 e. The number of hydrogen-bond acceptors (Lipinski definition) is 4. The lowest BCUT2D eigenvalue weighted by Gasteiger charge is -2.16. The SMILES string of the molecule is C[C@H](/C=C\C(N)=O)OC(=O)/C=C/C1=CCCC(N)C1. The number of nitrogens with two attached hydrogens (primary N) is 2. The van der Waals surface area contributed by atoms with Crippen molar-refractivity contribution >= 4 is 11.9 Å². The van der Waals surface area contributed by atoms with Gasteiger partial charge in [-0.3, -0.25) is 4.79 Å². The Bertz CT molecular complexity index is 424. The molecular formula is C14H20N2O3. The molecule has 0 aromatic rings. The number of ether oxygens (including phenoxy) is 1. The summed E-state index contributed by atoms with van der Waals surface area (Å²) in [5.74, 6) is -1.03. The number of carbonyl (C=O) groups is 2. The lowest BCUT2D eigenvalue weighted by atomic mass is 9.95. The molecule has 0 bridgehead atoms. The third-order valence-electron chi connectivity index (χ3n) is 2.71. The van der Waals surface area contributed by atoms with Crippen LogP contribution >= 0.6 is 0 Å². The zero-order valence-electron chi connectivity index (χ0n) is 11.0. The maximum atomic E-state index is 11.5. The van der Waals surface area contributed by atoms with E-state index in [0.717, 1.165) is 24.8 Å². The first kappa shape index (κ1) is 15.2. The number of amides is 1. The summed E-state index contributed by atoms with van der Waals surface area (Å²) in [6.45, 7) is 1.65. The van der Waals surface area contributed by atoms with Gasteiger partial charge in [-0.15, -0.1) is 0 Å². The van der Waals surface area contributed by atoms with Gasteiger partial charge in [0.15, 0.2) is 0 Å². The van der Waals surface area contributed by atoms with Gasteiger partial charge in [-0.25, -0.2) is 4.79 Å². The topological polar surface area (TPSA) is 95.4 Å². The molecule has 0 heterocycles. The lowest BCUT2D eigenvalue weighted by Crippen LogP contribution is -2.22. The van der Waals surface area contributed by atoms with Crippen LogP contribution in [0.2, 0.25) is 0 Å². The van der Waals surface area contributed by atoms with E-state index in [0.29, 0.717) is 0 Å². The van der Waals surface area contributed by atoms with E-state index < -0.39 is 18.0 Å². The van der Waals surface area contributed by atoms with Crippen LogP contribution in [0.5, 0.6) is 0 Å². The van der Waals surface area contributed by atoms with Crippen LogP contribution in [-0.2, 0) is 14.3 Å². The van der Waals surface area contributed by atoms with E-state index in [2.05, 4.69) is 6.08 Å². The van der Waals surface area contributed by atoms with Crippen LogP contribution < -0.4 is 11.5 Å². The van der Waals surface area contributed by atoms with Gasteiger partial charge in [0, 0.05) is 18.2 Å². The molecule has 5 heteroatoms. The first-order valence-electron chi connectivity index (χ1n) is 6.28. The van der Waals surface area contributed by atoms with Gasteiger partial charge in [-0.1, -0.05) is 17.7 Å². The van der Waals surface area contributed by atoms with Gasteiger partial charge < -0.3 is 16.2 Å². The van der Waals surface area contributed by atoms with Gasteiger partial charge >= 0.3 is 5.97 Å². The zero-order chi connectivity index (χ0) is 14.3. The molecule has 0 radical (unpaired) electrons. The summed E-state index contributed by atoms with van der Waals surface area (Å²) in [5.41, 5.74) is 11.8. The van der Waals surface area contributed by atoms with Crippen LogP contribution in [0, 0.1) is 0 Å². The Balaban J connectivity index is 2.42. The minimum Gasteiger partial charge on any atom is -0.455 e. The predicted octanol–water partition coefficient (Wildman–Crippen LogP) is 0.953. The highest BCUT2D eigenvalue weighted by Crippen LogP contribution is 2.17. The van der Waals surface area contributed by atoms with Gasteiger partial charge in [0.2, 0.25) is 5.91 Å². The summed E-state index contributed by atoms with van der Waals surface area (Å²) in [7, 11) is 0. The molecule has 0 aromatic carbocycles. The minimum absolute atomic E-state index is 0.165. The largest absolute Gasteiger partial charge is 0.455 e. The molecule has 2 atom stereocenters. The normalized spacial score (nSPS) is 21.4. The summed E-state index contributed by atoms with van der Waals surface area (Å²) in [6.07, 6.45) is 9.99. The lowest BCUT2D eigenvalue weighted by molar-refractivity contribution is -0.140. The van der Waals surface area contributed by atoms with Gasteiger partial charge in [0.05, 0.1) is 0 Å². The molecule has 5 nitrogen and oxygen atoms in total. The number of primary amides is 1. The molecule has 0 aromatic heterocycles. The second-order valence-electron chi connectivity index (χ2n) is 4.56. The average Bonchev–Trinajstić information content (AvgIpc) is 2.34. The molecule has 1 rings (SSSR count). The maximum absolute atomic E-state index is 11.5. The second-order valence-corrected chi connectivity index (χ2v) is 4.56. The Morgan fingerprint density at radius 2 is 2.21 bits per heavy atom. The van der Waals surface area contributed by atoms with Crippen molar-refractivity contribution in [3.05, 3.63) is 36.0 Å². The van der Waals surface area contributed by atoms with E-state index in [-0.39, 0.29) is 6.04 Å². The third-order valence-corrected chi connectivity index (χ3v) is 2.71. The van der Waals surface area contributed by atoms with Crippen molar-refractivity contribution in [3.8, 4) is 0 Å². The Morgan fingerprint density at radius 3 is 2.84 bits per heavy atom. The molecular weight excluding hydrogens is 244 g/mol. The fraction of sp³-hybridized carbons (Fsp3) is 0.429. The fourth-order valence-electron chi connectivity index (χ4n) is 1.77. The highest BCUT2D eigenvalue weighted by molar-refractivity contribution is 5.86. The predicted molar refractivity (Wildman–Crippen MR) is 72.9 cm³/mol. The Hall–Kier alpha value is -1.88. The Morgan fingerprint density at radius 1 is 1.47 bits per heavy atom. The average molecular weight is 264 g/mol. The highest BCUT2D eigenvalue weighted by atomic mass is 16.5. The monoisotopic (exact) mass is 264 g/mol. The highest BCUT2D eigenvalue weighted by Gasteiger charge is 2.10. The third kappa shape index (κ3) is 6.57. The molecule has 0 saturated heterocycles. The fourth-order valence-corrected chi connectivity index (χ4v) is 1.77. The molecule has 4 N–H and O–H groups in total.